The highest BCUT2D eigenvalue weighted by Gasteiger charge is 2.29. The standard InChI is InChI=1S/C38H47ClN8O4/c1-24-9-7-8-18-46(24)37-45-44-35-17-13-26(23-47(35)37)51-31-16-15-30(27-10-5-6-11-28(27)31)42-36(49)43-34(22-33(40)38(2,3)4)41-25-12-14-29(39)32(21-25)50-20-19-48/h5-6,10-14,17,21-24,30-31,48H,7-9,15-16,18-20,40H2,1-4H3,(H2,41,42,43,49)/p-1/t24-,30?,31+/m0/s1. The van der Waals surface area contributed by atoms with Gasteiger partial charge in [-0.25, -0.2) is 4.99 Å². The number of pyridine rings is 1. The van der Waals surface area contributed by atoms with E-state index in [-0.39, 0.29) is 30.6 Å². The second-order valence-corrected chi connectivity index (χ2v) is 14.5. The summed E-state index contributed by atoms with van der Waals surface area (Å²) in [5.74, 6) is 2.16. The minimum absolute atomic E-state index is 0.0868. The average molecular weight is 714 g/mol. The Balaban J connectivity index is 1.25. The predicted octanol–water partition coefficient (Wildman–Crippen LogP) is 6.20. The molecule has 12 nitrogen and oxygen atoms in total. The van der Waals surface area contributed by atoms with Crippen LogP contribution in [0.25, 0.3) is 5.65 Å². The molecule has 0 saturated carbocycles. The number of halogens is 1. The molecule has 51 heavy (non-hydrogen) atoms. The minimum atomic E-state index is -0.641. The highest BCUT2D eigenvalue weighted by molar-refractivity contribution is 6.32. The number of aliphatic hydroxyl groups is 1. The molecule has 0 radical (unpaired) electrons. The van der Waals surface area contributed by atoms with Crippen molar-refractivity contribution in [2.24, 2.45) is 21.1 Å². The van der Waals surface area contributed by atoms with Crippen molar-refractivity contribution in [1.82, 2.24) is 14.6 Å². The zero-order valence-electron chi connectivity index (χ0n) is 29.6. The van der Waals surface area contributed by atoms with Gasteiger partial charge in [-0.05, 0) is 74.4 Å². The van der Waals surface area contributed by atoms with E-state index in [1.807, 2.05) is 67.8 Å². The Hall–Kier alpha value is -4.81. The van der Waals surface area contributed by atoms with Gasteiger partial charge in [-0.2, -0.15) is 0 Å². The highest BCUT2D eigenvalue weighted by atomic mass is 35.5. The SMILES string of the molecule is C[C@H]1CCCCN1c1nnc2ccc(O[C@@H]3CCC(N=C([O-])N=C(C=C(N)C(C)(C)C)Nc4ccc(Cl)c(OCCO)c4)c4ccccc43)cn12. The molecule has 4 N–H and O–H groups in total. The van der Waals surface area contributed by atoms with Gasteiger partial charge in [0.1, 0.15) is 30.0 Å². The lowest BCUT2D eigenvalue weighted by Crippen LogP contribution is -2.38. The molecule has 2 aromatic carbocycles. The van der Waals surface area contributed by atoms with Crippen molar-refractivity contribution in [2.45, 2.75) is 78.0 Å². The number of hydrogen-bond donors (Lipinski definition) is 3. The zero-order chi connectivity index (χ0) is 36.1. The van der Waals surface area contributed by atoms with Crippen molar-refractivity contribution in [3.05, 3.63) is 88.7 Å². The average Bonchev–Trinajstić information content (AvgIpc) is 3.52. The van der Waals surface area contributed by atoms with Crippen molar-refractivity contribution < 1.29 is 19.7 Å². The number of aliphatic hydroxyl groups excluding tert-OH is 1. The first-order valence-corrected chi connectivity index (χ1v) is 17.9. The predicted molar refractivity (Wildman–Crippen MR) is 200 cm³/mol. The number of benzene rings is 2. The Bertz CT molecular complexity index is 1930. The van der Waals surface area contributed by atoms with Gasteiger partial charge in [-0.15, -0.1) is 10.2 Å². The summed E-state index contributed by atoms with van der Waals surface area (Å²) in [4.78, 5) is 11.2. The minimum Gasteiger partial charge on any atom is -0.845 e. The summed E-state index contributed by atoms with van der Waals surface area (Å²) in [5, 5.41) is 35.1. The number of hydrogen-bond acceptors (Lipinski definition) is 9. The van der Waals surface area contributed by atoms with E-state index in [0.29, 0.717) is 41.0 Å². The number of aliphatic imine (C=N–C) groups is 2. The molecular weight excluding hydrogens is 668 g/mol. The maximum absolute atomic E-state index is 13.5. The number of ether oxygens (including phenoxy) is 2. The van der Waals surface area contributed by atoms with Gasteiger partial charge in [-0.3, -0.25) is 9.39 Å². The fourth-order valence-electron chi connectivity index (χ4n) is 6.39. The van der Waals surface area contributed by atoms with Crippen molar-refractivity contribution in [3.8, 4) is 11.5 Å². The molecule has 1 aliphatic heterocycles. The lowest BCUT2D eigenvalue weighted by Gasteiger charge is -2.33. The summed E-state index contributed by atoms with van der Waals surface area (Å²) in [6.45, 7) is 9.04. The molecule has 1 saturated heterocycles. The van der Waals surface area contributed by atoms with Gasteiger partial charge in [0.15, 0.2) is 5.65 Å². The first-order chi connectivity index (χ1) is 24.5. The summed E-state index contributed by atoms with van der Waals surface area (Å²) in [7, 11) is 0. The molecule has 3 atom stereocenters. The topological polar surface area (TPSA) is 158 Å². The van der Waals surface area contributed by atoms with E-state index in [1.54, 1.807) is 24.3 Å². The summed E-state index contributed by atoms with van der Waals surface area (Å²) in [5.41, 5.74) is 9.81. The van der Waals surface area contributed by atoms with Gasteiger partial charge in [-0.1, -0.05) is 56.6 Å². The van der Waals surface area contributed by atoms with E-state index >= 15 is 0 Å². The summed E-state index contributed by atoms with van der Waals surface area (Å²) < 4.78 is 14.2. The van der Waals surface area contributed by atoms with Crippen molar-refractivity contribution in [2.75, 3.05) is 30.0 Å². The molecule has 1 unspecified atom stereocenters. The van der Waals surface area contributed by atoms with E-state index in [1.165, 1.54) is 6.42 Å². The third-order valence-corrected chi connectivity index (χ3v) is 9.60. The van der Waals surface area contributed by atoms with E-state index in [4.69, 9.17) is 26.8 Å². The van der Waals surface area contributed by atoms with Gasteiger partial charge in [0.25, 0.3) is 0 Å². The summed E-state index contributed by atoms with van der Waals surface area (Å²) >= 11 is 6.28. The van der Waals surface area contributed by atoms with Crippen molar-refractivity contribution >= 4 is 40.7 Å². The smallest absolute Gasteiger partial charge is 0.232 e. The molecule has 1 aliphatic carbocycles. The number of anilines is 2. The fourth-order valence-corrected chi connectivity index (χ4v) is 6.56. The van der Waals surface area contributed by atoms with Crippen LogP contribution in [0.2, 0.25) is 5.02 Å². The van der Waals surface area contributed by atoms with Crippen LogP contribution in [0, 0.1) is 5.41 Å². The molecule has 2 aliphatic rings. The number of nitrogens with zero attached hydrogens (tertiary/aromatic N) is 6. The van der Waals surface area contributed by atoms with Crippen molar-refractivity contribution in [1.29, 1.82) is 0 Å². The number of aromatic nitrogens is 3. The largest absolute Gasteiger partial charge is 0.845 e. The monoisotopic (exact) mass is 713 g/mol. The molecule has 4 aromatic rings. The Morgan fingerprint density at radius 2 is 1.90 bits per heavy atom. The summed E-state index contributed by atoms with van der Waals surface area (Å²) in [6.07, 6.45) is 8.13. The normalized spacial score (nSPS) is 20.3. The molecule has 0 amide bonds. The number of fused-ring (bicyclic) bond motifs is 2. The quantitative estimate of drug-likeness (QED) is 0.136. The van der Waals surface area contributed by atoms with Crippen LogP contribution < -0.4 is 30.5 Å². The van der Waals surface area contributed by atoms with Crippen LogP contribution >= 0.6 is 11.6 Å². The van der Waals surface area contributed by atoms with Crippen LogP contribution in [0.5, 0.6) is 11.5 Å². The zero-order valence-corrected chi connectivity index (χ0v) is 30.3. The van der Waals surface area contributed by atoms with Crippen LogP contribution in [0.1, 0.15) is 83.1 Å². The van der Waals surface area contributed by atoms with E-state index in [2.05, 4.69) is 37.3 Å². The molecule has 0 spiro atoms. The Labute approximate surface area is 303 Å². The number of allylic oxidation sites excluding steroid dienone is 1. The second kappa shape index (κ2) is 15.6. The number of rotatable bonds is 9. The Morgan fingerprint density at radius 3 is 2.67 bits per heavy atom. The number of piperidine rings is 1. The van der Waals surface area contributed by atoms with Crippen LogP contribution in [0.15, 0.2) is 82.6 Å². The van der Waals surface area contributed by atoms with Crippen LogP contribution in [-0.2, 0) is 0 Å². The third kappa shape index (κ3) is 8.57. The van der Waals surface area contributed by atoms with Gasteiger partial charge < -0.3 is 35.6 Å². The third-order valence-electron chi connectivity index (χ3n) is 9.29. The molecule has 1 fully saturated rings. The lowest BCUT2D eigenvalue weighted by atomic mass is 9.86. The number of amidine groups is 2. The highest BCUT2D eigenvalue weighted by Crippen LogP contribution is 2.41. The van der Waals surface area contributed by atoms with E-state index in [9.17, 15) is 10.2 Å². The lowest BCUT2D eigenvalue weighted by molar-refractivity contribution is -0.217. The van der Waals surface area contributed by atoms with Crippen LogP contribution in [-0.4, -0.2) is 57.4 Å². The maximum Gasteiger partial charge on any atom is 0.232 e. The Morgan fingerprint density at radius 1 is 1.10 bits per heavy atom. The van der Waals surface area contributed by atoms with Gasteiger partial charge >= 0.3 is 0 Å². The molecule has 6 rings (SSSR count). The van der Waals surface area contributed by atoms with E-state index in [0.717, 1.165) is 47.9 Å². The molecule has 13 heteroatoms. The number of nitrogens with two attached hydrogens (primary N) is 1. The van der Waals surface area contributed by atoms with Crippen LogP contribution in [0.3, 0.4) is 0 Å². The summed E-state index contributed by atoms with van der Waals surface area (Å²) in [6, 6.07) is 16.2. The fraction of sp³-hybridized carbons (Fsp3) is 0.421. The first kappa shape index (κ1) is 36.0. The van der Waals surface area contributed by atoms with E-state index < -0.39 is 12.1 Å². The van der Waals surface area contributed by atoms with Gasteiger partial charge in [0.05, 0.1) is 29.9 Å². The van der Waals surface area contributed by atoms with Gasteiger partial charge in [0, 0.05) is 41.5 Å². The molecule has 3 heterocycles. The molecule has 2 aromatic heterocycles. The molecule has 0 bridgehead atoms. The number of nitrogens with one attached hydrogen (secondary N) is 1. The van der Waals surface area contributed by atoms with Crippen LogP contribution in [0.4, 0.5) is 11.6 Å². The first-order valence-electron chi connectivity index (χ1n) is 17.5. The van der Waals surface area contributed by atoms with Gasteiger partial charge in [0.2, 0.25) is 5.95 Å². The maximum atomic E-state index is 13.5. The second-order valence-electron chi connectivity index (χ2n) is 14.1. The Kier molecular flexibility index (Phi) is 11.0. The molecule has 270 valence electrons. The van der Waals surface area contributed by atoms with Crippen molar-refractivity contribution in [3.63, 3.8) is 0 Å². The molecular formula is C38H46ClN8O4-.